The van der Waals surface area contributed by atoms with E-state index in [1.54, 1.807) is 6.08 Å². The second-order valence-corrected chi connectivity index (χ2v) is 3.65. The van der Waals surface area contributed by atoms with Crippen molar-refractivity contribution in [2.75, 3.05) is 6.61 Å². The van der Waals surface area contributed by atoms with Crippen LogP contribution in [-0.2, 0) is 9.53 Å². The van der Waals surface area contributed by atoms with Crippen molar-refractivity contribution in [2.45, 2.75) is 11.9 Å². The van der Waals surface area contributed by atoms with Crippen molar-refractivity contribution in [1.82, 2.24) is 0 Å². The number of carbonyl (C=O) groups is 1. The van der Waals surface area contributed by atoms with Crippen LogP contribution >= 0.6 is 0 Å². The van der Waals surface area contributed by atoms with Crippen molar-refractivity contribution in [3.63, 3.8) is 0 Å². The highest BCUT2D eigenvalue weighted by atomic mass is 16.6. The van der Waals surface area contributed by atoms with Crippen molar-refractivity contribution in [3.05, 3.63) is 36.5 Å². The Hall–Kier alpha value is -1.23. The molecule has 1 unspecified atom stereocenters. The first-order chi connectivity index (χ1) is 7.14. The molecule has 80 valence electrons. The number of hydrogen-bond donors (Lipinski definition) is 2. The van der Waals surface area contributed by atoms with E-state index in [2.05, 4.69) is 6.58 Å². The first kappa shape index (κ1) is 10.3. The summed E-state index contributed by atoms with van der Waals surface area (Å²) >= 11 is 0. The number of aliphatic hydroxyl groups excluding tert-OH is 2. The summed E-state index contributed by atoms with van der Waals surface area (Å²) in [5.41, 5.74) is -0.625. The van der Waals surface area contributed by atoms with Gasteiger partial charge >= 0.3 is 0 Å². The van der Waals surface area contributed by atoms with Crippen LogP contribution in [0.2, 0.25) is 0 Å². The summed E-state index contributed by atoms with van der Waals surface area (Å²) in [5.74, 6) is -0.774. The van der Waals surface area contributed by atoms with Crippen LogP contribution in [0, 0.1) is 5.92 Å². The fourth-order valence-corrected chi connectivity index (χ4v) is 2.12. The van der Waals surface area contributed by atoms with Crippen molar-refractivity contribution in [1.29, 1.82) is 0 Å². The van der Waals surface area contributed by atoms with Gasteiger partial charge in [0.1, 0.15) is 5.60 Å². The number of aliphatic hydroxyl groups is 2. The van der Waals surface area contributed by atoms with Crippen LogP contribution in [0.4, 0.5) is 0 Å². The molecule has 1 aliphatic heterocycles. The number of hydrogen-bond acceptors (Lipinski definition) is 4. The van der Waals surface area contributed by atoms with E-state index in [1.807, 2.05) is 0 Å². The van der Waals surface area contributed by atoms with Gasteiger partial charge in [0.25, 0.3) is 0 Å². The zero-order valence-corrected chi connectivity index (χ0v) is 8.09. The lowest BCUT2D eigenvalue weighted by atomic mass is 9.86. The molecule has 0 amide bonds. The normalized spacial score (nSPS) is 41.2. The van der Waals surface area contributed by atoms with Crippen molar-refractivity contribution in [3.8, 4) is 0 Å². The number of ether oxygens (including phenoxy) is 1. The average molecular weight is 208 g/mol. The molecule has 0 radical (unpaired) electrons. The lowest BCUT2D eigenvalue weighted by Crippen LogP contribution is -2.37. The van der Waals surface area contributed by atoms with E-state index < -0.39 is 17.8 Å². The maximum Gasteiger partial charge on any atom is 0.179 e. The number of fused-ring (bicyclic) bond motifs is 1. The zero-order chi connectivity index (χ0) is 11.1. The Kier molecular flexibility index (Phi) is 2.34. The van der Waals surface area contributed by atoms with Gasteiger partial charge in [0.05, 0.1) is 12.5 Å². The quantitative estimate of drug-likeness (QED) is 0.666. The first-order valence-electron chi connectivity index (χ1n) is 4.67. The first-order valence-corrected chi connectivity index (χ1v) is 4.67. The monoisotopic (exact) mass is 208 g/mol. The largest absolute Gasteiger partial charge is 0.393 e. The Balaban J connectivity index is 2.45. The van der Waals surface area contributed by atoms with Crippen LogP contribution in [0.25, 0.3) is 0 Å². The Labute approximate surface area is 87.2 Å². The smallest absolute Gasteiger partial charge is 0.179 e. The third-order valence-electron chi connectivity index (χ3n) is 2.81. The number of rotatable bonds is 2. The van der Waals surface area contributed by atoms with Gasteiger partial charge in [0.2, 0.25) is 0 Å². The summed E-state index contributed by atoms with van der Waals surface area (Å²) in [5, 5.41) is 18.9. The molecular formula is C11H12O4. The lowest BCUT2D eigenvalue weighted by Gasteiger charge is -2.22. The molecule has 0 aromatic carbocycles. The van der Waals surface area contributed by atoms with Gasteiger partial charge < -0.3 is 14.9 Å². The third kappa shape index (κ3) is 1.30. The Bertz CT molecular complexity index is 369. The highest BCUT2D eigenvalue weighted by molar-refractivity contribution is 5.98. The standard InChI is InChI=1S/C11H12O4/c1-2-3-7-9-8(13)4-5-11(9,6-12)15-10(7)14/h2-5,9-10,12,14H,1,6H2/b7-3+/t9?,10-,11+/m1/s1. The summed E-state index contributed by atoms with van der Waals surface area (Å²) in [7, 11) is 0. The number of allylic oxidation sites excluding steroid dienone is 3. The summed E-state index contributed by atoms with van der Waals surface area (Å²) in [6, 6.07) is 0. The molecule has 3 atom stereocenters. The minimum Gasteiger partial charge on any atom is -0.393 e. The third-order valence-corrected chi connectivity index (χ3v) is 2.81. The highest BCUT2D eigenvalue weighted by Crippen LogP contribution is 2.44. The molecule has 4 nitrogen and oxygen atoms in total. The van der Waals surface area contributed by atoms with Gasteiger partial charge in [-0.1, -0.05) is 18.7 Å². The molecule has 1 fully saturated rings. The molecule has 2 rings (SSSR count). The molecule has 0 aromatic rings. The molecule has 0 spiro atoms. The van der Waals surface area contributed by atoms with Crippen molar-refractivity contribution in [2.24, 2.45) is 5.92 Å². The van der Waals surface area contributed by atoms with Gasteiger partial charge in [0.15, 0.2) is 12.1 Å². The number of carbonyl (C=O) groups excluding carboxylic acids is 1. The predicted molar refractivity (Wildman–Crippen MR) is 52.8 cm³/mol. The fourth-order valence-electron chi connectivity index (χ4n) is 2.12. The van der Waals surface area contributed by atoms with E-state index in [4.69, 9.17) is 4.74 Å². The van der Waals surface area contributed by atoms with Gasteiger partial charge in [-0.2, -0.15) is 0 Å². The van der Waals surface area contributed by atoms with Gasteiger partial charge in [-0.15, -0.1) is 0 Å². The molecular weight excluding hydrogens is 196 g/mol. The predicted octanol–water partition coefficient (Wildman–Crippen LogP) is -0.0664. The van der Waals surface area contributed by atoms with Crippen molar-refractivity contribution >= 4 is 5.78 Å². The second-order valence-electron chi connectivity index (χ2n) is 3.65. The minimum absolute atomic E-state index is 0.159. The van der Waals surface area contributed by atoms with Gasteiger partial charge in [-0.3, -0.25) is 4.79 Å². The lowest BCUT2D eigenvalue weighted by molar-refractivity contribution is -0.136. The summed E-state index contributed by atoms with van der Waals surface area (Å²) in [6.07, 6.45) is 4.78. The zero-order valence-electron chi connectivity index (χ0n) is 8.09. The van der Waals surface area contributed by atoms with Gasteiger partial charge in [-0.05, 0) is 17.7 Å². The molecule has 15 heavy (non-hydrogen) atoms. The van der Waals surface area contributed by atoms with Crippen LogP contribution < -0.4 is 0 Å². The average Bonchev–Trinajstić information content (AvgIpc) is 2.67. The molecule has 2 aliphatic rings. The molecule has 1 aliphatic carbocycles. The van der Waals surface area contributed by atoms with Gasteiger partial charge in [-0.25, -0.2) is 0 Å². The van der Waals surface area contributed by atoms with Crippen LogP contribution in [0.15, 0.2) is 36.5 Å². The fraction of sp³-hybridized carbons (Fsp3) is 0.364. The van der Waals surface area contributed by atoms with E-state index in [1.165, 1.54) is 18.2 Å². The van der Waals surface area contributed by atoms with E-state index in [0.717, 1.165) is 0 Å². The molecule has 0 saturated carbocycles. The minimum atomic E-state index is -1.14. The van der Waals surface area contributed by atoms with Crippen LogP contribution in [0.5, 0.6) is 0 Å². The Morgan fingerprint density at radius 3 is 3.00 bits per heavy atom. The Morgan fingerprint density at radius 1 is 1.67 bits per heavy atom. The maximum atomic E-state index is 11.6. The van der Waals surface area contributed by atoms with Crippen LogP contribution in [-0.4, -0.2) is 34.5 Å². The van der Waals surface area contributed by atoms with E-state index in [9.17, 15) is 15.0 Å². The van der Waals surface area contributed by atoms with E-state index in [0.29, 0.717) is 5.57 Å². The summed E-state index contributed by atoms with van der Waals surface area (Å²) in [6.45, 7) is 3.18. The molecule has 0 aromatic heterocycles. The van der Waals surface area contributed by atoms with Crippen LogP contribution in [0.3, 0.4) is 0 Å². The second kappa shape index (κ2) is 3.41. The van der Waals surface area contributed by atoms with Crippen molar-refractivity contribution < 1.29 is 19.7 Å². The molecule has 1 heterocycles. The SMILES string of the molecule is C=C/C=C1\C2C(=O)C=C[C@@]2(CO)O[C@H]1O. The Morgan fingerprint density at radius 2 is 2.40 bits per heavy atom. The molecule has 4 heteroatoms. The maximum absolute atomic E-state index is 11.6. The number of ketones is 1. The van der Waals surface area contributed by atoms with E-state index in [-0.39, 0.29) is 12.4 Å². The highest BCUT2D eigenvalue weighted by Gasteiger charge is 2.55. The molecule has 1 saturated heterocycles. The summed E-state index contributed by atoms with van der Waals surface area (Å²) in [4.78, 5) is 11.6. The molecule has 2 N–H and O–H groups in total. The van der Waals surface area contributed by atoms with Gasteiger partial charge in [0, 0.05) is 0 Å². The topological polar surface area (TPSA) is 66.8 Å². The molecule has 0 bridgehead atoms. The van der Waals surface area contributed by atoms with E-state index >= 15 is 0 Å². The summed E-state index contributed by atoms with van der Waals surface area (Å²) < 4.78 is 5.24. The van der Waals surface area contributed by atoms with Crippen LogP contribution in [0.1, 0.15) is 0 Å².